The second kappa shape index (κ2) is 15.8. The first kappa shape index (κ1) is 31.7. The molecule has 0 saturated heterocycles. The van der Waals surface area contributed by atoms with Crippen molar-refractivity contribution in [2.24, 2.45) is 5.92 Å². The molecule has 10 nitrogen and oxygen atoms in total. The minimum atomic E-state index is -1.26. The molecule has 212 valence electrons. The second-order valence-electron chi connectivity index (χ2n) is 10.5. The summed E-state index contributed by atoms with van der Waals surface area (Å²) in [6, 6.07) is 2.93. The molecule has 0 saturated carbocycles. The van der Waals surface area contributed by atoms with Crippen LogP contribution in [0.4, 0.5) is 0 Å². The maximum absolute atomic E-state index is 12.8. The van der Waals surface area contributed by atoms with Gasteiger partial charge >= 0.3 is 11.9 Å². The highest BCUT2D eigenvalue weighted by Crippen LogP contribution is 2.24. The van der Waals surface area contributed by atoms with Crippen LogP contribution in [0.5, 0.6) is 0 Å². The van der Waals surface area contributed by atoms with Crippen LogP contribution in [0.2, 0.25) is 25.7 Å². The van der Waals surface area contributed by atoms with Crippen LogP contribution in [-0.4, -0.2) is 62.8 Å². The SMILES string of the molecule is COC(=O)C(C(=O)OC)C(/C=C\CNC(=O)c1nc(C#N)cn1COCC[Si](C)(C)C)=C/CC1=CCCCC1. The molecule has 0 aromatic carbocycles. The summed E-state index contributed by atoms with van der Waals surface area (Å²) in [6.45, 7) is 7.52. The average molecular weight is 557 g/mol. The number of hydrogen-bond donors (Lipinski definition) is 1. The maximum atomic E-state index is 12.8. The topological polar surface area (TPSA) is 133 Å². The zero-order valence-corrected chi connectivity index (χ0v) is 24.6. The highest BCUT2D eigenvalue weighted by Gasteiger charge is 2.31. The van der Waals surface area contributed by atoms with Crippen molar-refractivity contribution in [2.75, 3.05) is 27.4 Å². The Labute approximate surface area is 231 Å². The zero-order chi connectivity index (χ0) is 28.8. The van der Waals surface area contributed by atoms with Gasteiger partial charge in [0.1, 0.15) is 12.8 Å². The van der Waals surface area contributed by atoms with Gasteiger partial charge in [0.05, 0.1) is 14.2 Å². The third kappa shape index (κ3) is 10.7. The van der Waals surface area contributed by atoms with E-state index in [0.717, 1.165) is 31.7 Å². The van der Waals surface area contributed by atoms with Crippen molar-refractivity contribution in [2.45, 2.75) is 64.5 Å². The smallest absolute Gasteiger partial charge is 0.324 e. The van der Waals surface area contributed by atoms with Gasteiger partial charge in [-0.2, -0.15) is 5.26 Å². The summed E-state index contributed by atoms with van der Waals surface area (Å²) >= 11 is 0. The van der Waals surface area contributed by atoms with Gasteiger partial charge in [-0.15, -0.1) is 0 Å². The van der Waals surface area contributed by atoms with E-state index in [4.69, 9.17) is 14.2 Å². The number of rotatable bonds is 14. The van der Waals surface area contributed by atoms with E-state index in [1.165, 1.54) is 30.6 Å². The lowest BCUT2D eigenvalue weighted by molar-refractivity contribution is -0.156. The number of nitrogens with one attached hydrogen (secondary N) is 1. The van der Waals surface area contributed by atoms with Gasteiger partial charge in [0.2, 0.25) is 5.82 Å². The molecule has 1 heterocycles. The van der Waals surface area contributed by atoms with Crippen LogP contribution < -0.4 is 5.32 Å². The van der Waals surface area contributed by atoms with Crippen LogP contribution in [-0.2, 0) is 30.5 Å². The zero-order valence-electron chi connectivity index (χ0n) is 23.6. The van der Waals surface area contributed by atoms with Gasteiger partial charge in [0, 0.05) is 27.4 Å². The summed E-state index contributed by atoms with van der Waals surface area (Å²) in [5, 5.41) is 12.0. The van der Waals surface area contributed by atoms with E-state index in [9.17, 15) is 19.6 Å². The Morgan fingerprint density at radius 3 is 2.51 bits per heavy atom. The number of esters is 2. The monoisotopic (exact) mass is 556 g/mol. The molecular formula is C28H40N4O6Si. The van der Waals surface area contributed by atoms with Gasteiger partial charge in [0.15, 0.2) is 11.6 Å². The van der Waals surface area contributed by atoms with Crippen molar-refractivity contribution >= 4 is 25.9 Å². The molecule has 11 heteroatoms. The van der Waals surface area contributed by atoms with E-state index in [2.05, 4.69) is 36.0 Å². The Bertz CT molecular complexity index is 1120. The third-order valence-corrected chi connectivity index (χ3v) is 7.91. The number of nitrogens with zero attached hydrogens (tertiary/aromatic N) is 3. The van der Waals surface area contributed by atoms with Crippen molar-refractivity contribution in [3.8, 4) is 6.07 Å². The Morgan fingerprint density at radius 1 is 1.21 bits per heavy atom. The van der Waals surface area contributed by atoms with Crippen LogP contribution >= 0.6 is 0 Å². The molecular weight excluding hydrogens is 516 g/mol. The first-order valence-electron chi connectivity index (χ1n) is 13.1. The van der Waals surface area contributed by atoms with E-state index in [1.807, 2.05) is 12.1 Å². The number of methoxy groups -OCH3 is 2. The van der Waals surface area contributed by atoms with Crippen molar-refractivity contribution in [3.05, 3.63) is 53.2 Å². The highest BCUT2D eigenvalue weighted by atomic mass is 28.3. The minimum absolute atomic E-state index is 0.0648. The summed E-state index contributed by atoms with van der Waals surface area (Å²) in [6.07, 6.45) is 13.6. The fourth-order valence-electron chi connectivity index (χ4n) is 3.94. The fraction of sp³-hybridized carbons (Fsp3) is 0.536. The number of aromatic nitrogens is 2. The molecule has 39 heavy (non-hydrogen) atoms. The van der Waals surface area contributed by atoms with Crippen LogP contribution in [0.15, 0.2) is 41.6 Å². The Kier molecular flexibility index (Phi) is 12.9. The van der Waals surface area contributed by atoms with Crippen molar-refractivity contribution in [1.29, 1.82) is 5.26 Å². The molecule has 1 amide bonds. The Balaban J connectivity index is 2.12. The molecule has 0 radical (unpaired) electrons. The number of hydrogen-bond acceptors (Lipinski definition) is 8. The van der Waals surface area contributed by atoms with Crippen molar-refractivity contribution < 1.29 is 28.6 Å². The molecule has 1 N–H and O–H groups in total. The average Bonchev–Trinajstić information content (AvgIpc) is 3.34. The molecule has 1 aliphatic rings. The number of carbonyl (C=O) groups is 3. The summed E-state index contributed by atoms with van der Waals surface area (Å²) in [7, 11) is 1.17. The lowest BCUT2D eigenvalue weighted by atomic mass is 9.93. The third-order valence-electron chi connectivity index (χ3n) is 6.20. The Hall–Kier alpha value is -3.49. The van der Waals surface area contributed by atoms with Gasteiger partial charge in [0.25, 0.3) is 5.91 Å². The number of allylic oxidation sites excluding steroid dienone is 4. The Morgan fingerprint density at radius 2 is 1.92 bits per heavy atom. The standard InChI is InChI=1S/C28H40N4O6Si/c1-36-27(34)24(28(35)37-2)22(14-13-21-10-7-6-8-11-21)12-9-15-30-26(33)25-31-23(18-29)19-32(25)20-38-16-17-39(3,4)5/h9-10,12,14,19,24H,6-8,11,13,15-17,20H2,1-5H3,(H,30,33)/b12-9-,22-14+. The number of amides is 1. The molecule has 0 bridgehead atoms. The lowest BCUT2D eigenvalue weighted by Gasteiger charge is -2.16. The maximum Gasteiger partial charge on any atom is 0.324 e. The molecule has 0 fully saturated rings. The highest BCUT2D eigenvalue weighted by molar-refractivity contribution is 6.76. The summed E-state index contributed by atoms with van der Waals surface area (Å²) in [5.41, 5.74) is 1.80. The summed E-state index contributed by atoms with van der Waals surface area (Å²) in [4.78, 5) is 41.8. The quantitative estimate of drug-likeness (QED) is 0.0903. The van der Waals surface area contributed by atoms with Gasteiger partial charge in [-0.3, -0.25) is 14.4 Å². The number of nitriles is 1. The van der Waals surface area contributed by atoms with Crippen molar-refractivity contribution in [3.63, 3.8) is 0 Å². The van der Waals surface area contributed by atoms with Crippen LogP contribution in [0.1, 0.15) is 48.4 Å². The van der Waals surface area contributed by atoms with Gasteiger partial charge in [-0.25, -0.2) is 4.98 Å². The molecule has 1 aliphatic carbocycles. The molecule has 0 aliphatic heterocycles. The predicted molar refractivity (Wildman–Crippen MR) is 149 cm³/mol. The van der Waals surface area contributed by atoms with Crippen LogP contribution in [0, 0.1) is 17.2 Å². The number of carbonyl (C=O) groups excluding carboxylic acids is 3. The van der Waals surface area contributed by atoms with Gasteiger partial charge in [-0.1, -0.05) is 49.5 Å². The van der Waals surface area contributed by atoms with Crippen molar-refractivity contribution in [1.82, 2.24) is 14.9 Å². The first-order valence-corrected chi connectivity index (χ1v) is 16.8. The molecule has 0 atom stereocenters. The van der Waals surface area contributed by atoms with E-state index in [-0.39, 0.29) is 24.8 Å². The molecule has 2 rings (SSSR count). The fourth-order valence-corrected chi connectivity index (χ4v) is 4.70. The first-order chi connectivity index (χ1) is 18.6. The molecule has 1 aromatic rings. The predicted octanol–water partition coefficient (Wildman–Crippen LogP) is 4.13. The van der Waals surface area contributed by atoms with E-state index in [1.54, 1.807) is 12.2 Å². The molecule has 0 spiro atoms. The van der Waals surface area contributed by atoms with E-state index in [0.29, 0.717) is 18.6 Å². The minimum Gasteiger partial charge on any atom is -0.468 e. The van der Waals surface area contributed by atoms with Crippen LogP contribution in [0.25, 0.3) is 0 Å². The van der Waals surface area contributed by atoms with Gasteiger partial charge in [-0.05, 0) is 43.7 Å². The van der Waals surface area contributed by atoms with Crippen LogP contribution in [0.3, 0.4) is 0 Å². The largest absolute Gasteiger partial charge is 0.468 e. The summed E-state index contributed by atoms with van der Waals surface area (Å²) < 4.78 is 16.9. The number of ether oxygens (including phenoxy) is 3. The second-order valence-corrected chi connectivity index (χ2v) is 16.1. The molecule has 1 aromatic heterocycles. The summed E-state index contributed by atoms with van der Waals surface area (Å²) in [5.74, 6) is -3.10. The van der Waals surface area contributed by atoms with E-state index < -0.39 is 31.8 Å². The number of imidazole rings is 1. The van der Waals surface area contributed by atoms with Gasteiger partial charge < -0.3 is 24.1 Å². The molecule has 0 unspecified atom stereocenters. The lowest BCUT2D eigenvalue weighted by Crippen LogP contribution is -2.29. The van der Waals surface area contributed by atoms with E-state index >= 15 is 0 Å². The normalized spacial score (nSPS) is 14.2.